The van der Waals surface area contributed by atoms with E-state index >= 15 is 0 Å². The molecule has 2 aromatic heterocycles. The van der Waals surface area contributed by atoms with Crippen LogP contribution in [0.2, 0.25) is 0 Å². The molecule has 21 heteroatoms. The summed E-state index contributed by atoms with van der Waals surface area (Å²) in [6.45, 7) is -0.838. The van der Waals surface area contributed by atoms with Gasteiger partial charge in [0, 0.05) is 12.6 Å². The van der Waals surface area contributed by atoms with Gasteiger partial charge in [-0.1, -0.05) is 0 Å². The summed E-state index contributed by atoms with van der Waals surface area (Å²) in [4.78, 5) is 55.6. The zero-order chi connectivity index (χ0) is 23.2. The molecule has 1 saturated heterocycles. The van der Waals surface area contributed by atoms with Crippen LogP contribution in [-0.4, -0.2) is 53.1 Å². The van der Waals surface area contributed by atoms with Crippen LogP contribution in [0.5, 0.6) is 0 Å². The van der Waals surface area contributed by atoms with Gasteiger partial charge >= 0.3 is 34.5 Å². The largest absolute Gasteiger partial charge is 1.00 e. The Morgan fingerprint density at radius 2 is 1.94 bits per heavy atom. The first-order chi connectivity index (χ1) is 14.2. The molecule has 2 aromatic rings. The Hall–Kier alpha value is -0.853. The van der Waals surface area contributed by atoms with Gasteiger partial charge in [0.1, 0.15) is 12.3 Å². The van der Waals surface area contributed by atoms with E-state index in [2.05, 4.69) is 23.1 Å². The van der Waals surface area contributed by atoms with Gasteiger partial charge in [-0.2, -0.15) is 9.29 Å². The second-order valence-electron chi connectivity index (χ2n) is 6.21. The fourth-order valence-electron chi connectivity index (χ4n) is 2.80. The molecule has 3 rings (SSSR count). The third kappa shape index (κ3) is 6.83. The van der Waals surface area contributed by atoms with Crippen molar-refractivity contribution in [1.29, 1.82) is 0 Å². The number of aliphatic hydroxyl groups is 1. The number of nitrogens with one attached hydrogen (secondary N) is 1. The summed E-state index contributed by atoms with van der Waals surface area (Å²) in [5, 5.41) is 10.3. The summed E-state index contributed by atoms with van der Waals surface area (Å²) in [6.07, 6.45) is -2.00. The van der Waals surface area contributed by atoms with E-state index in [0.717, 1.165) is 0 Å². The molecule has 0 saturated carbocycles. The molecule has 7 N–H and O–H groups in total. The summed E-state index contributed by atoms with van der Waals surface area (Å²) in [5.41, 5.74) is 5.17. The van der Waals surface area contributed by atoms with E-state index in [1.54, 1.807) is 0 Å². The van der Waals surface area contributed by atoms with Crippen LogP contribution in [-0.2, 0) is 31.6 Å². The van der Waals surface area contributed by atoms with Gasteiger partial charge in [-0.15, -0.1) is 0 Å². The first-order valence-corrected chi connectivity index (χ1v) is 12.6. The van der Waals surface area contributed by atoms with Crippen molar-refractivity contribution in [2.24, 2.45) is 0 Å². The number of H-pyrrole nitrogens is 1. The fraction of sp³-hybridized carbons (Fsp3) is 0.455. The maximum absolute atomic E-state index is 11.9. The molecule has 0 aliphatic carbocycles. The number of hydrogen-bond acceptors (Lipinski definition) is 12. The molecule has 17 nitrogen and oxygen atoms in total. The molecule has 1 aliphatic rings. The predicted molar refractivity (Wildman–Crippen MR) is 96.9 cm³/mol. The van der Waals surface area contributed by atoms with E-state index in [1.165, 1.54) is 16.8 Å². The number of nitrogens with zero attached hydrogens (tertiary/aromatic N) is 2. The summed E-state index contributed by atoms with van der Waals surface area (Å²) < 4.78 is 51.9. The van der Waals surface area contributed by atoms with Crippen molar-refractivity contribution in [2.45, 2.75) is 24.9 Å². The van der Waals surface area contributed by atoms with E-state index in [9.17, 15) is 33.4 Å². The third-order valence-electron chi connectivity index (χ3n) is 3.93. The van der Waals surface area contributed by atoms with E-state index in [4.69, 9.17) is 20.3 Å². The van der Waals surface area contributed by atoms with Gasteiger partial charge < -0.3 is 39.7 Å². The number of rotatable bonds is 8. The van der Waals surface area contributed by atoms with Crippen LogP contribution < -0.4 is 35.0 Å². The average molecular weight is 512 g/mol. The maximum atomic E-state index is 11.9. The van der Waals surface area contributed by atoms with Crippen molar-refractivity contribution in [3.05, 3.63) is 22.6 Å². The van der Waals surface area contributed by atoms with E-state index < -0.39 is 54.1 Å². The average Bonchev–Trinajstić information content (AvgIpc) is 3.13. The zero-order valence-corrected chi connectivity index (χ0v) is 18.8. The van der Waals surface area contributed by atoms with Crippen molar-refractivity contribution < 1.29 is 75.1 Å². The number of nitrogens with two attached hydrogens (primary N) is 1. The third-order valence-corrected chi connectivity index (χ3v) is 7.71. The zero-order valence-electron chi connectivity index (χ0n) is 16.1. The Bertz CT molecular complexity index is 1180. The number of hydrogen-bond donors (Lipinski definition) is 6. The summed E-state index contributed by atoms with van der Waals surface area (Å²) in [5.74, 6) is -0.157. The SMILES string of the molecule is Nc1nc2c(ccn2[C@H]2C[C@H](O)[C@@H](COP(=O)(O)OP(=O)(O)OP(=O)([O-])O)O2)c(=O)[nH]1.[Li+]. The van der Waals surface area contributed by atoms with E-state index in [1.807, 2.05) is 0 Å². The quantitative estimate of drug-likeness (QED) is 0.144. The molecule has 1 aliphatic heterocycles. The number of phosphoric ester groups is 1. The molecule has 6 atom stereocenters. The van der Waals surface area contributed by atoms with Crippen LogP contribution >= 0.6 is 23.5 Å². The number of ether oxygens (including phenoxy) is 1. The molecule has 0 amide bonds. The van der Waals surface area contributed by atoms with Crippen LogP contribution in [0.1, 0.15) is 12.6 Å². The topological polar surface area (TPSA) is 269 Å². The van der Waals surface area contributed by atoms with Crippen molar-refractivity contribution in [3.63, 3.8) is 0 Å². The molecule has 0 radical (unpaired) electrons. The summed E-state index contributed by atoms with van der Waals surface area (Å²) >= 11 is 0. The Labute approximate surface area is 190 Å². The number of aromatic amines is 1. The van der Waals surface area contributed by atoms with Gasteiger partial charge in [-0.25, -0.2) is 13.4 Å². The van der Waals surface area contributed by atoms with Gasteiger partial charge in [0.2, 0.25) is 5.95 Å². The van der Waals surface area contributed by atoms with Crippen LogP contribution in [0.4, 0.5) is 5.95 Å². The van der Waals surface area contributed by atoms with E-state index in [0.29, 0.717) is 0 Å². The number of nitrogen functional groups attached to an aromatic ring is 1. The van der Waals surface area contributed by atoms with Crippen LogP contribution in [0, 0.1) is 0 Å². The summed E-state index contributed by atoms with van der Waals surface area (Å²) in [6, 6.07) is 1.44. The second-order valence-corrected chi connectivity index (χ2v) is 10.6. The molecule has 0 spiro atoms. The molecular formula is C11H16LiN4O13P3. The van der Waals surface area contributed by atoms with Gasteiger partial charge in [-0.3, -0.25) is 18.9 Å². The Balaban J connectivity index is 0.00000363. The fourth-order valence-corrected chi connectivity index (χ4v) is 5.79. The molecule has 1 fully saturated rings. The van der Waals surface area contributed by atoms with Crippen molar-refractivity contribution in [2.75, 3.05) is 12.3 Å². The van der Waals surface area contributed by atoms with Crippen LogP contribution in [0.15, 0.2) is 17.1 Å². The van der Waals surface area contributed by atoms with Crippen LogP contribution in [0.3, 0.4) is 0 Å². The predicted octanol–water partition coefficient (Wildman–Crippen LogP) is -4.33. The number of fused-ring (bicyclic) bond motifs is 1. The minimum Gasteiger partial charge on any atom is -0.756 e. The van der Waals surface area contributed by atoms with Gasteiger partial charge in [0.05, 0.1) is 18.1 Å². The standard InChI is InChI=1S/C11H17N4O13P3.Li/c12-11-13-9-5(10(17)14-11)1-2-15(9)8-3-6(16)7(26-8)4-25-30(21,22)28-31(23,24)27-29(18,19)20;/h1-2,6-8,16H,3-4H2,(H,21,22)(H,23,24)(H2,18,19,20)(H3,12,13,14,17);/q;+1/p-1/t6-,7+,8+;/m0./s1. The summed E-state index contributed by atoms with van der Waals surface area (Å²) in [7, 11) is -16.9. The molecule has 32 heavy (non-hydrogen) atoms. The van der Waals surface area contributed by atoms with Gasteiger partial charge in [0.25, 0.3) is 13.4 Å². The Morgan fingerprint density at radius 3 is 2.56 bits per heavy atom. The Kier molecular flexibility index (Phi) is 8.38. The first kappa shape index (κ1) is 27.4. The van der Waals surface area contributed by atoms with Gasteiger partial charge in [0.15, 0.2) is 5.65 Å². The van der Waals surface area contributed by atoms with Crippen molar-refractivity contribution in [1.82, 2.24) is 14.5 Å². The number of phosphoric acid groups is 3. The molecule has 0 aromatic carbocycles. The molecule has 0 bridgehead atoms. The number of aromatic nitrogens is 3. The molecule has 3 unspecified atom stereocenters. The minimum atomic E-state index is -5.77. The minimum absolute atomic E-state index is 0. The van der Waals surface area contributed by atoms with Gasteiger partial charge in [-0.05, 0) is 6.07 Å². The van der Waals surface area contributed by atoms with E-state index in [-0.39, 0.29) is 42.3 Å². The normalized spacial score (nSPS) is 26.7. The monoisotopic (exact) mass is 512 g/mol. The second kappa shape index (κ2) is 9.79. The van der Waals surface area contributed by atoms with Crippen molar-refractivity contribution >= 4 is 40.4 Å². The molecule has 3 heterocycles. The van der Waals surface area contributed by atoms with Crippen LogP contribution in [0.25, 0.3) is 11.0 Å². The number of aliphatic hydroxyl groups excluding tert-OH is 1. The molecule has 174 valence electrons. The number of anilines is 1. The Morgan fingerprint density at radius 1 is 1.28 bits per heavy atom. The van der Waals surface area contributed by atoms with Crippen molar-refractivity contribution in [3.8, 4) is 0 Å². The smallest absolute Gasteiger partial charge is 0.756 e. The maximum Gasteiger partial charge on any atom is 1.00 e. The molecular weight excluding hydrogens is 496 g/mol. The first-order valence-electron chi connectivity index (χ1n) is 8.12.